The second-order valence-corrected chi connectivity index (χ2v) is 15.0. The van der Waals surface area contributed by atoms with Crippen LogP contribution in [0.5, 0.6) is 5.75 Å². The van der Waals surface area contributed by atoms with Gasteiger partial charge in [-0.2, -0.15) is 5.10 Å². The molecule has 2 aromatic heterocycles. The van der Waals surface area contributed by atoms with Crippen LogP contribution in [0.2, 0.25) is 0 Å². The number of unbranched alkanes of at least 4 members (excludes halogenated alkanes) is 2. The van der Waals surface area contributed by atoms with E-state index in [2.05, 4.69) is 44.7 Å². The van der Waals surface area contributed by atoms with E-state index in [1.165, 1.54) is 17.8 Å². The van der Waals surface area contributed by atoms with Crippen molar-refractivity contribution in [3.05, 3.63) is 89.2 Å². The lowest BCUT2D eigenvalue weighted by Gasteiger charge is -2.33. The number of fused-ring (bicyclic) bond motifs is 1. The van der Waals surface area contributed by atoms with Crippen molar-refractivity contribution in [3.63, 3.8) is 0 Å². The van der Waals surface area contributed by atoms with E-state index in [1.807, 2.05) is 17.0 Å². The van der Waals surface area contributed by atoms with Crippen LogP contribution in [-0.4, -0.2) is 101 Å². The predicted molar refractivity (Wildman–Crippen MR) is 204 cm³/mol. The van der Waals surface area contributed by atoms with Gasteiger partial charge in [0.05, 0.1) is 12.2 Å². The molecule has 3 aliphatic heterocycles. The largest absolute Gasteiger partial charge is 0.481 e. The molecule has 292 valence electrons. The van der Waals surface area contributed by atoms with Crippen LogP contribution in [0.25, 0.3) is 5.65 Å². The molecule has 3 fully saturated rings. The zero-order valence-electron chi connectivity index (χ0n) is 31.4. The molecule has 2 unspecified atom stereocenters. The van der Waals surface area contributed by atoms with Gasteiger partial charge in [-0.05, 0) is 113 Å². The fraction of sp³-hybridized carbons (Fsp3) is 0.488. The first kappa shape index (κ1) is 38.3. The molecule has 0 radical (unpaired) electrons. The molecule has 0 spiro atoms. The molecule has 55 heavy (non-hydrogen) atoms. The number of halogens is 2. The van der Waals surface area contributed by atoms with Crippen molar-refractivity contribution in [2.45, 2.75) is 75.9 Å². The Balaban J connectivity index is 0.784. The third-order valence-electron chi connectivity index (χ3n) is 11.2. The molecule has 7 rings (SSSR count). The van der Waals surface area contributed by atoms with Crippen molar-refractivity contribution in [3.8, 4) is 5.75 Å². The summed E-state index contributed by atoms with van der Waals surface area (Å²) < 4.78 is 36.0. The van der Waals surface area contributed by atoms with E-state index in [-0.39, 0.29) is 23.8 Å². The maximum Gasteiger partial charge on any atom is 0.267 e. The fourth-order valence-corrected chi connectivity index (χ4v) is 7.98. The predicted octanol–water partition coefficient (Wildman–Crippen LogP) is 5.24. The third kappa shape index (κ3) is 9.48. The van der Waals surface area contributed by atoms with Gasteiger partial charge in [0.15, 0.2) is 11.8 Å². The molecule has 0 aliphatic carbocycles. The number of nitrogens with one attached hydrogen (secondary N) is 2. The molecule has 0 bridgehead atoms. The summed E-state index contributed by atoms with van der Waals surface area (Å²) in [7, 11) is 2.17. The fourth-order valence-electron chi connectivity index (χ4n) is 7.98. The van der Waals surface area contributed by atoms with Crippen LogP contribution in [0.1, 0.15) is 91.2 Å². The molecule has 12 nitrogen and oxygen atoms in total. The van der Waals surface area contributed by atoms with E-state index in [4.69, 9.17) is 9.72 Å². The molecule has 3 saturated heterocycles. The van der Waals surface area contributed by atoms with Crippen LogP contribution in [0, 0.1) is 11.6 Å². The molecule has 2 N–H and O–H groups in total. The van der Waals surface area contributed by atoms with Gasteiger partial charge in [-0.15, -0.1) is 0 Å². The summed E-state index contributed by atoms with van der Waals surface area (Å²) in [6.45, 7) is 6.36. The Bertz CT molecular complexity index is 1970. The lowest BCUT2D eigenvalue weighted by molar-refractivity contribution is -0.138. The molecule has 5 heterocycles. The first-order valence-electron chi connectivity index (χ1n) is 19.6. The average Bonchev–Trinajstić information content (AvgIpc) is 3.86. The van der Waals surface area contributed by atoms with Gasteiger partial charge in [-0.3, -0.25) is 19.7 Å². The van der Waals surface area contributed by atoms with E-state index < -0.39 is 17.7 Å². The summed E-state index contributed by atoms with van der Waals surface area (Å²) in [6, 6.07) is 13.1. The number of amides is 3. The van der Waals surface area contributed by atoms with Crippen molar-refractivity contribution < 1.29 is 27.9 Å². The average molecular weight is 757 g/mol. The van der Waals surface area contributed by atoms with Gasteiger partial charge in [0.2, 0.25) is 5.91 Å². The normalized spacial score (nSPS) is 19.7. The number of nitrogens with zero attached hydrogens (tertiary/aromatic N) is 6. The Labute approximate surface area is 320 Å². The molecule has 3 amide bonds. The molecule has 2 atom stereocenters. The number of piperidine rings is 2. The Hall–Kier alpha value is -4.95. The van der Waals surface area contributed by atoms with Gasteiger partial charge in [0.1, 0.15) is 28.8 Å². The second kappa shape index (κ2) is 17.7. The monoisotopic (exact) mass is 756 g/mol. The number of benzene rings is 2. The van der Waals surface area contributed by atoms with Crippen LogP contribution >= 0.6 is 0 Å². The van der Waals surface area contributed by atoms with Gasteiger partial charge in [-0.25, -0.2) is 18.3 Å². The van der Waals surface area contributed by atoms with Crippen LogP contribution < -0.4 is 20.3 Å². The minimum atomic E-state index is -0.622. The zero-order chi connectivity index (χ0) is 38.3. The summed E-state index contributed by atoms with van der Waals surface area (Å²) in [4.78, 5) is 48.2. The lowest BCUT2D eigenvalue weighted by Crippen LogP contribution is -2.46. The molecule has 14 heteroatoms. The van der Waals surface area contributed by atoms with Crippen LogP contribution in [-0.2, 0) is 9.59 Å². The van der Waals surface area contributed by atoms with E-state index in [0.29, 0.717) is 66.6 Å². The second-order valence-electron chi connectivity index (χ2n) is 15.0. The summed E-state index contributed by atoms with van der Waals surface area (Å²) in [5, 5.41) is 9.67. The SMILES string of the molecule is CN(CCCCCNC(=O)c1cnn2ccc(N3CCCC3c3cc(F)ccc3F)nc12)CCN1CCC(c2ccc(OC3CCC(=O)NC3=O)cc2)CC1. The summed E-state index contributed by atoms with van der Waals surface area (Å²) in [6.07, 6.45) is 9.96. The van der Waals surface area contributed by atoms with Crippen molar-refractivity contribution >= 4 is 29.2 Å². The highest BCUT2D eigenvalue weighted by Gasteiger charge is 2.31. The number of carbonyl (C=O) groups is 3. The highest BCUT2D eigenvalue weighted by Crippen LogP contribution is 2.37. The number of imide groups is 1. The van der Waals surface area contributed by atoms with Crippen molar-refractivity contribution in [1.29, 1.82) is 0 Å². The number of carbonyl (C=O) groups excluding carboxylic acids is 3. The first-order chi connectivity index (χ1) is 26.7. The van der Waals surface area contributed by atoms with Gasteiger partial charge < -0.3 is 24.8 Å². The number of likely N-dealkylation sites (tertiary alicyclic amines) is 1. The van der Waals surface area contributed by atoms with Crippen molar-refractivity contribution in [2.24, 2.45) is 0 Å². The standard InChI is InChI=1S/C41H50F2N8O4/c1-48(24-25-49-21-15-29(16-22-49)28-7-10-31(11-8-28)55-36-13-14-38(52)47-41(36)54)19-4-2-3-18-44-40(53)33-27-45-51-23-17-37(46-39(33)51)50-20-5-6-35(50)32-26-30(42)9-12-34(32)43/h7-12,17,23,26-27,29,35-36H,2-6,13-16,18-22,24-25H2,1H3,(H,44,53)(H,47,52,54). The van der Waals surface area contributed by atoms with Gasteiger partial charge in [0.25, 0.3) is 11.8 Å². The minimum absolute atomic E-state index is 0.231. The quantitative estimate of drug-likeness (QED) is 0.124. The highest BCUT2D eigenvalue weighted by atomic mass is 19.1. The third-order valence-corrected chi connectivity index (χ3v) is 11.2. The van der Waals surface area contributed by atoms with E-state index in [0.717, 1.165) is 83.4 Å². The molecule has 2 aromatic carbocycles. The number of rotatable bonds is 15. The van der Waals surface area contributed by atoms with Crippen LogP contribution in [0.15, 0.2) is 60.9 Å². The van der Waals surface area contributed by atoms with E-state index in [9.17, 15) is 23.2 Å². The summed E-state index contributed by atoms with van der Waals surface area (Å²) >= 11 is 0. The topological polar surface area (TPSA) is 124 Å². The zero-order valence-corrected chi connectivity index (χ0v) is 31.4. The summed E-state index contributed by atoms with van der Waals surface area (Å²) in [5.74, 6) is -0.000310. The smallest absolute Gasteiger partial charge is 0.267 e. The Morgan fingerprint density at radius 2 is 1.80 bits per heavy atom. The van der Waals surface area contributed by atoms with Gasteiger partial charge in [-0.1, -0.05) is 18.6 Å². The molecule has 3 aliphatic rings. The number of likely N-dealkylation sites (N-methyl/N-ethyl adjacent to an activating group) is 1. The minimum Gasteiger partial charge on any atom is -0.481 e. The van der Waals surface area contributed by atoms with Gasteiger partial charge >= 0.3 is 0 Å². The highest BCUT2D eigenvalue weighted by molar-refractivity contribution is 6.00. The molecule has 0 saturated carbocycles. The first-order valence-corrected chi connectivity index (χ1v) is 19.6. The maximum absolute atomic E-state index is 14.6. The summed E-state index contributed by atoms with van der Waals surface area (Å²) in [5.41, 5.74) is 2.42. The Morgan fingerprint density at radius 1 is 0.982 bits per heavy atom. The van der Waals surface area contributed by atoms with Crippen molar-refractivity contribution in [2.75, 3.05) is 57.8 Å². The van der Waals surface area contributed by atoms with Gasteiger partial charge in [0, 0.05) is 50.8 Å². The number of hydrogen-bond donors (Lipinski definition) is 2. The lowest BCUT2D eigenvalue weighted by atomic mass is 9.89. The van der Waals surface area contributed by atoms with E-state index in [1.54, 1.807) is 16.8 Å². The Kier molecular flexibility index (Phi) is 12.3. The molecular weight excluding hydrogens is 706 g/mol. The number of ether oxygens (including phenoxy) is 1. The molecular formula is C41H50F2N8O4. The van der Waals surface area contributed by atoms with Crippen LogP contribution in [0.4, 0.5) is 14.6 Å². The Morgan fingerprint density at radius 3 is 2.60 bits per heavy atom. The number of anilines is 1. The van der Waals surface area contributed by atoms with E-state index >= 15 is 0 Å². The maximum atomic E-state index is 14.6. The van der Waals surface area contributed by atoms with Crippen molar-refractivity contribution in [1.82, 2.24) is 35.0 Å². The number of aromatic nitrogens is 3. The molecule has 4 aromatic rings. The van der Waals surface area contributed by atoms with Crippen LogP contribution in [0.3, 0.4) is 0 Å². The number of hydrogen-bond acceptors (Lipinski definition) is 9.